The summed E-state index contributed by atoms with van der Waals surface area (Å²) in [7, 11) is 0. The van der Waals surface area contributed by atoms with Crippen molar-refractivity contribution in [3.8, 4) is 28.3 Å². The largest absolute Gasteiger partial charge is 0.453 e. The Morgan fingerprint density at radius 1 is 0.400 bits per heavy atom. The number of nitrogens with zero attached hydrogens (tertiary/aromatic N) is 2. The molecule has 60 heavy (non-hydrogen) atoms. The van der Waals surface area contributed by atoms with Gasteiger partial charge in [0.25, 0.3) is 0 Å². The average molecular weight is 769 g/mol. The lowest BCUT2D eigenvalue weighted by Gasteiger charge is -2.42. The third-order valence-corrected chi connectivity index (χ3v) is 12.4. The fourth-order valence-corrected chi connectivity index (χ4v) is 9.87. The minimum Gasteiger partial charge on any atom is -0.453 e. The van der Waals surface area contributed by atoms with Gasteiger partial charge in [0.1, 0.15) is 0 Å². The molecule has 282 valence electrons. The van der Waals surface area contributed by atoms with Gasteiger partial charge in [0.05, 0.1) is 27.8 Å². The van der Waals surface area contributed by atoms with Crippen LogP contribution in [0.1, 0.15) is 38.2 Å². The summed E-state index contributed by atoms with van der Waals surface area (Å²) in [4.78, 5) is 16.7. The smallest absolute Gasteiger partial charge is 0.193 e. The van der Waals surface area contributed by atoms with Crippen molar-refractivity contribution < 1.29 is 9.53 Å². The van der Waals surface area contributed by atoms with E-state index in [1.54, 1.807) is 0 Å². The molecule has 1 aromatic heterocycles. The topological polar surface area (TPSA) is 34.5 Å². The van der Waals surface area contributed by atoms with E-state index in [4.69, 9.17) is 4.74 Å². The van der Waals surface area contributed by atoms with Crippen molar-refractivity contribution in [1.82, 2.24) is 4.57 Å². The zero-order valence-corrected chi connectivity index (χ0v) is 32.5. The van der Waals surface area contributed by atoms with Crippen LogP contribution in [-0.4, -0.2) is 10.4 Å². The Morgan fingerprint density at radius 3 is 1.67 bits per heavy atom. The Morgan fingerprint density at radius 2 is 0.967 bits per heavy atom. The van der Waals surface area contributed by atoms with Crippen LogP contribution in [0.5, 0.6) is 11.5 Å². The standard InChI is InChI=1S/C56H36N2O2/c59-55-45-24-10-13-25-47(45)56(39-16-4-1-5-17-39,40-18-6-2-7-19-40)48-34-37(28-31-46(48)55)38-29-32-51-54(35-38)60-53-33-30-42(36-52(53)57(51)41-20-8-3-9-21-41)58-49-26-14-11-22-43(49)44-23-12-15-27-50(44)58/h1-36H. The molecule has 0 atom stereocenters. The molecular formula is C56H36N2O2. The van der Waals surface area contributed by atoms with Gasteiger partial charge in [0.2, 0.25) is 0 Å². The molecule has 9 aromatic carbocycles. The number of aromatic nitrogens is 1. The molecule has 0 saturated carbocycles. The molecule has 0 amide bonds. The van der Waals surface area contributed by atoms with Gasteiger partial charge in [-0.25, -0.2) is 0 Å². The Hall–Kier alpha value is -7.95. The first-order chi connectivity index (χ1) is 29.7. The number of ketones is 1. The molecule has 4 nitrogen and oxygen atoms in total. The maximum Gasteiger partial charge on any atom is 0.193 e. The zero-order chi connectivity index (χ0) is 39.8. The Bertz CT molecular complexity index is 3220. The van der Waals surface area contributed by atoms with Crippen LogP contribution in [0.2, 0.25) is 0 Å². The number of anilines is 3. The van der Waals surface area contributed by atoms with E-state index in [1.165, 1.54) is 10.8 Å². The van der Waals surface area contributed by atoms with Gasteiger partial charge >= 0.3 is 0 Å². The van der Waals surface area contributed by atoms with E-state index in [9.17, 15) is 4.79 Å². The number of hydrogen-bond donors (Lipinski definition) is 0. The molecule has 0 saturated heterocycles. The lowest BCUT2D eigenvalue weighted by Crippen LogP contribution is -2.38. The van der Waals surface area contributed by atoms with Gasteiger partial charge in [-0.2, -0.15) is 0 Å². The first kappa shape index (κ1) is 34.1. The van der Waals surface area contributed by atoms with Crippen molar-refractivity contribution in [2.75, 3.05) is 4.90 Å². The van der Waals surface area contributed by atoms with Gasteiger partial charge in [-0.15, -0.1) is 0 Å². The Labute approximate surface area is 347 Å². The van der Waals surface area contributed by atoms with Crippen LogP contribution < -0.4 is 9.64 Å². The van der Waals surface area contributed by atoms with Crippen molar-refractivity contribution in [1.29, 1.82) is 0 Å². The number of carbonyl (C=O) groups excluding carboxylic acids is 1. The molecule has 0 spiro atoms. The normalized spacial score (nSPS) is 13.6. The third kappa shape index (κ3) is 4.94. The van der Waals surface area contributed by atoms with Crippen LogP contribution in [0.4, 0.5) is 17.1 Å². The van der Waals surface area contributed by atoms with E-state index in [0.717, 1.165) is 84.2 Å². The maximum atomic E-state index is 14.4. The van der Waals surface area contributed by atoms with Crippen LogP contribution in [0.3, 0.4) is 0 Å². The molecular weight excluding hydrogens is 733 g/mol. The number of fused-ring (bicyclic) bond motifs is 7. The molecule has 0 fully saturated rings. The molecule has 10 aromatic rings. The van der Waals surface area contributed by atoms with E-state index in [1.807, 2.05) is 30.3 Å². The average Bonchev–Trinajstić information content (AvgIpc) is 3.66. The van der Waals surface area contributed by atoms with Crippen molar-refractivity contribution in [3.63, 3.8) is 0 Å². The second kappa shape index (κ2) is 13.3. The van der Waals surface area contributed by atoms with E-state index in [2.05, 4.69) is 198 Å². The quantitative estimate of drug-likeness (QED) is 0.175. The predicted molar refractivity (Wildman–Crippen MR) is 243 cm³/mol. The third-order valence-electron chi connectivity index (χ3n) is 12.4. The molecule has 2 heterocycles. The summed E-state index contributed by atoms with van der Waals surface area (Å²) < 4.78 is 9.23. The molecule has 2 aliphatic rings. The van der Waals surface area contributed by atoms with Crippen LogP contribution in [0, 0.1) is 0 Å². The second-order valence-electron chi connectivity index (χ2n) is 15.6. The predicted octanol–water partition coefficient (Wildman–Crippen LogP) is 14.0. The lowest BCUT2D eigenvalue weighted by molar-refractivity contribution is 0.103. The van der Waals surface area contributed by atoms with E-state index in [0.29, 0.717) is 5.56 Å². The fraction of sp³-hybridized carbons (Fsp3) is 0.0179. The van der Waals surface area contributed by atoms with Crippen molar-refractivity contribution >= 4 is 44.7 Å². The number of carbonyl (C=O) groups is 1. The van der Waals surface area contributed by atoms with E-state index >= 15 is 0 Å². The van der Waals surface area contributed by atoms with Gasteiger partial charge in [-0.1, -0.05) is 158 Å². The van der Waals surface area contributed by atoms with Gasteiger partial charge < -0.3 is 14.2 Å². The highest BCUT2D eigenvalue weighted by Crippen LogP contribution is 2.54. The van der Waals surface area contributed by atoms with Gasteiger partial charge in [0.15, 0.2) is 17.3 Å². The Balaban J connectivity index is 1.03. The van der Waals surface area contributed by atoms with Crippen LogP contribution >= 0.6 is 0 Å². The summed E-state index contributed by atoms with van der Waals surface area (Å²) in [5, 5.41) is 2.45. The summed E-state index contributed by atoms with van der Waals surface area (Å²) in [5.41, 5.74) is 13.2. The molecule has 0 N–H and O–H groups in total. The summed E-state index contributed by atoms with van der Waals surface area (Å²) in [6.45, 7) is 0. The summed E-state index contributed by atoms with van der Waals surface area (Å²) in [6, 6.07) is 76.3. The molecule has 1 aliphatic heterocycles. The van der Waals surface area contributed by atoms with Crippen molar-refractivity contribution in [2.24, 2.45) is 0 Å². The molecule has 0 unspecified atom stereocenters. The minimum absolute atomic E-state index is 0.0406. The van der Waals surface area contributed by atoms with E-state index < -0.39 is 5.41 Å². The minimum atomic E-state index is -0.722. The first-order valence-corrected chi connectivity index (χ1v) is 20.4. The van der Waals surface area contributed by atoms with E-state index in [-0.39, 0.29) is 5.78 Å². The summed E-state index contributed by atoms with van der Waals surface area (Å²) >= 11 is 0. The Kier molecular flexibility index (Phi) is 7.56. The lowest BCUT2D eigenvalue weighted by atomic mass is 9.59. The molecule has 4 heteroatoms. The highest BCUT2D eigenvalue weighted by Gasteiger charge is 2.46. The van der Waals surface area contributed by atoms with Gasteiger partial charge in [-0.05, 0) is 94.0 Å². The van der Waals surface area contributed by atoms with Gasteiger partial charge in [0, 0.05) is 33.3 Å². The molecule has 0 radical (unpaired) electrons. The summed E-state index contributed by atoms with van der Waals surface area (Å²) in [6.07, 6.45) is 0. The highest BCUT2D eigenvalue weighted by molar-refractivity contribution is 6.14. The van der Waals surface area contributed by atoms with Gasteiger partial charge in [-0.3, -0.25) is 4.79 Å². The number of para-hydroxylation sites is 3. The highest BCUT2D eigenvalue weighted by atomic mass is 16.5. The van der Waals surface area contributed by atoms with Crippen LogP contribution in [-0.2, 0) is 5.41 Å². The molecule has 1 aliphatic carbocycles. The SMILES string of the molecule is O=C1c2ccccc2C(c2ccccc2)(c2ccccc2)c2cc(-c3ccc4c(c3)Oc3ccc(-n5c6ccccc6c6ccccc65)cc3N4c3ccccc3)ccc21. The monoisotopic (exact) mass is 768 g/mol. The maximum absolute atomic E-state index is 14.4. The molecule has 12 rings (SSSR count). The number of hydrogen-bond acceptors (Lipinski definition) is 3. The summed E-state index contributed by atoms with van der Waals surface area (Å²) in [5.74, 6) is 1.57. The van der Waals surface area contributed by atoms with Crippen molar-refractivity contribution in [3.05, 3.63) is 252 Å². The second-order valence-corrected chi connectivity index (χ2v) is 15.6. The number of benzene rings is 9. The van der Waals surface area contributed by atoms with Crippen molar-refractivity contribution in [2.45, 2.75) is 5.41 Å². The van der Waals surface area contributed by atoms with Crippen LogP contribution in [0.25, 0.3) is 38.6 Å². The number of rotatable bonds is 5. The first-order valence-electron chi connectivity index (χ1n) is 20.4. The molecule has 0 bridgehead atoms. The van der Waals surface area contributed by atoms with Crippen LogP contribution in [0.15, 0.2) is 218 Å². The number of ether oxygens (including phenoxy) is 1. The zero-order valence-electron chi connectivity index (χ0n) is 32.5. The fourth-order valence-electron chi connectivity index (χ4n) is 9.87.